The molecule has 6 nitrogen and oxygen atoms in total. The number of hydrogen-bond donors (Lipinski definition) is 1. The second-order valence-electron chi connectivity index (χ2n) is 4.65. The van der Waals surface area contributed by atoms with Gasteiger partial charge >= 0.3 is 5.97 Å². The van der Waals surface area contributed by atoms with E-state index >= 15 is 0 Å². The van der Waals surface area contributed by atoms with Crippen molar-refractivity contribution in [2.24, 2.45) is 0 Å². The third-order valence-corrected chi connectivity index (χ3v) is 5.25. The summed E-state index contributed by atoms with van der Waals surface area (Å²) in [5, 5.41) is 17.7. The summed E-state index contributed by atoms with van der Waals surface area (Å²) >= 11 is 0. The molecular formula is C13H14N2O4S. The van der Waals surface area contributed by atoms with Crippen LogP contribution in [-0.4, -0.2) is 36.4 Å². The van der Waals surface area contributed by atoms with Crippen LogP contribution in [0.4, 0.5) is 0 Å². The van der Waals surface area contributed by atoms with Gasteiger partial charge in [-0.05, 0) is 31.0 Å². The van der Waals surface area contributed by atoms with Gasteiger partial charge in [-0.15, -0.1) is 0 Å². The number of sulfonamides is 1. The van der Waals surface area contributed by atoms with Gasteiger partial charge in [-0.3, -0.25) is 4.79 Å². The van der Waals surface area contributed by atoms with Gasteiger partial charge in [0.15, 0.2) is 0 Å². The molecule has 1 unspecified atom stereocenters. The molecule has 0 saturated carbocycles. The Kier molecular flexibility index (Phi) is 4.06. The van der Waals surface area contributed by atoms with Crippen molar-refractivity contribution in [3.8, 4) is 6.07 Å². The third kappa shape index (κ3) is 2.81. The monoisotopic (exact) mass is 294 g/mol. The first kappa shape index (κ1) is 14.5. The van der Waals surface area contributed by atoms with Gasteiger partial charge in [0.2, 0.25) is 10.0 Å². The van der Waals surface area contributed by atoms with E-state index in [0.717, 1.165) is 0 Å². The van der Waals surface area contributed by atoms with E-state index in [1.807, 2.05) is 6.07 Å². The minimum absolute atomic E-state index is 0.0360. The number of carboxylic acids is 1. The average molecular weight is 294 g/mol. The lowest BCUT2D eigenvalue weighted by Crippen LogP contribution is -2.36. The molecule has 1 fully saturated rings. The number of carbonyl (C=O) groups is 1. The van der Waals surface area contributed by atoms with Crippen LogP contribution in [0.15, 0.2) is 29.2 Å². The fourth-order valence-electron chi connectivity index (χ4n) is 2.39. The Balaban J connectivity index is 2.34. The molecule has 1 N–H and O–H groups in total. The number of rotatable bonds is 4. The molecule has 1 aliphatic heterocycles. The van der Waals surface area contributed by atoms with Crippen LogP contribution >= 0.6 is 0 Å². The van der Waals surface area contributed by atoms with E-state index < -0.39 is 22.0 Å². The van der Waals surface area contributed by atoms with Crippen LogP contribution in [0.2, 0.25) is 0 Å². The maximum Gasteiger partial charge on any atom is 0.304 e. The minimum atomic E-state index is -3.75. The lowest BCUT2D eigenvalue weighted by atomic mass is 10.2. The molecule has 1 atom stereocenters. The van der Waals surface area contributed by atoms with E-state index in [1.54, 1.807) is 0 Å². The smallest absolute Gasteiger partial charge is 0.304 e. The molecule has 1 aliphatic rings. The first-order chi connectivity index (χ1) is 9.45. The Morgan fingerprint density at radius 3 is 2.90 bits per heavy atom. The highest BCUT2D eigenvalue weighted by Crippen LogP contribution is 2.28. The van der Waals surface area contributed by atoms with Gasteiger partial charge in [0.25, 0.3) is 0 Å². The standard InChI is InChI=1S/C13H14N2O4S/c14-9-10-3-1-5-12(7-10)20(18,19)15-6-2-4-11(15)8-13(16)17/h1,3,5,7,11H,2,4,6,8H2,(H,16,17). The number of benzene rings is 1. The topological polar surface area (TPSA) is 98.5 Å². The Labute approximate surface area is 117 Å². The van der Waals surface area contributed by atoms with Gasteiger partial charge in [0.05, 0.1) is 22.9 Å². The van der Waals surface area contributed by atoms with Crippen LogP contribution in [0.25, 0.3) is 0 Å². The second-order valence-corrected chi connectivity index (χ2v) is 6.54. The van der Waals surface area contributed by atoms with E-state index in [-0.39, 0.29) is 16.9 Å². The summed E-state index contributed by atoms with van der Waals surface area (Å²) in [7, 11) is -3.75. The summed E-state index contributed by atoms with van der Waals surface area (Å²) in [5.74, 6) is -1.01. The maximum atomic E-state index is 12.5. The fourth-order valence-corrected chi connectivity index (χ4v) is 4.13. The van der Waals surface area contributed by atoms with E-state index in [1.165, 1.54) is 28.6 Å². The number of nitrogens with zero attached hydrogens (tertiary/aromatic N) is 2. The average Bonchev–Trinajstić information content (AvgIpc) is 2.86. The highest BCUT2D eigenvalue weighted by Gasteiger charge is 2.36. The summed E-state index contributed by atoms with van der Waals surface area (Å²) in [6.07, 6.45) is 0.996. The Morgan fingerprint density at radius 1 is 1.50 bits per heavy atom. The molecular weight excluding hydrogens is 280 g/mol. The lowest BCUT2D eigenvalue weighted by Gasteiger charge is -2.22. The first-order valence-electron chi connectivity index (χ1n) is 6.19. The summed E-state index contributed by atoms with van der Waals surface area (Å²) in [6, 6.07) is 7.15. The third-order valence-electron chi connectivity index (χ3n) is 3.30. The largest absolute Gasteiger partial charge is 0.481 e. The Bertz CT molecular complexity index is 663. The van der Waals surface area contributed by atoms with Gasteiger partial charge in [-0.25, -0.2) is 8.42 Å². The Hall–Kier alpha value is -1.91. The van der Waals surface area contributed by atoms with Crippen molar-refractivity contribution in [1.82, 2.24) is 4.31 Å². The molecule has 0 amide bonds. The molecule has 2 rings (SSSR count). The molecule has 0 radical (unpaired) electrons. The zero-order valence-corrected chi connectivity index (χ0v) is 11.5. The van der Waals surface area contributed by atoms with Crippen molar-refractivity contribution in [1.29, 1.82) is 5.26 Å². The second kappa shape index (κ2) is 5.61. The minimum Gasteiger partial charge on any atom is -0.481 e. The molecule has 1 aromatic carbocycles. The van der Waals surface area contributed by atoms with Crippen molar-refractivity contribution in [3.05, 3.63) is 29.8 Å². The number of aliphatic carboxylic acids is 1. The maximum absolute atomic E-state index is 12.5. The van der Waals surface area contributed by atoms with Gasteiger partial charge in [0.1, 0.15) is 0 Å². The summed E-state index contributed by atoms with van der Waals surface area (Å²) in [4.78, 5) is 10.8. The van der Waals surface area contributed by atoms with Crippen LogP contribution in [0.3, 0.4) is 0 Å². The summed E-state index contributed by atoms with van der Waals surface area (Å²) in [6.45, 7) is 0.317. The van der Waals surface area contributed by atoms with Crippen LogP contribution in [-0.2, 0) is 14.8 Å². The normalized spacial score (nSPS) is 19.6. The van der Waals surface area contributed by atoms with E-state index in [0.29, 0.717) is 19.4 Å². The molecule has 1 saturated heterocycles. The molecule has 20 heavy (non-hydrogen) atoms. The lowest BCUT2D eigenvalue weighted by molar-refractivity contribution is -0.137. The summed E-state index contributed by atoms with van der Waals surface area (Å²) < 4.78 is 26.3. The zero-order valence-electron chi connectivity index (χ0n) is 10.7. The van der Waals surface area contributed by atoms with Crippen LogP contribution in [0.5, 0.6) is 0 Å². The molecule has 106 valence electrons. The predicted octanol–water partition coefficient (Wildman–Crippen LogP) is 1.19. The number of carboxylic acid groups (broad SMARTS) is 1. The molecule has 0 aliphatic carbocycles. The molecule has 0 spiro atoms. The van der Waals surface area contributed by atoms with Crippen LogP contribution in [0.1, 0.15) is 24.8 Å². The van der Waals surface area contributed by atoms with Gasteiger partial charge in [-0.1, -0.05) is 6.07 Å². The molecule has 0 bridgehead atoms. The van der Waals surface area contributed by atoms with Gasteiger partial charge in [0, 0.05) is 12.6 Å². The van der Waals surface area contributed by atoms with Crippen molar-refractivity contribution in [3.63, 3.8) is 0 Å². The van der Waals surface area contributed by atoms with Crippen molar-refractivity contribution < 1.29 is 18.3 Å². The van der Waals surface area contributed by atoms with E-state index in [4.69, 9.17) is 10.4 Å². The van der Waals surface area contributed by atoms with Crippen LogP contribution < -0.4 is 0 Å². The van der Waals surface area contributed by atoms with Crippen molar-refractivity contribution >= 4 is 16.0 Å². The fraction of sp³-hybridized carbons (Fsp3) is 0.385. The molecule has 0 aromatic heterocycles. The van der Waals surface area contributed by atoms with Gasteiger partial charge in [-0.2, -0.15) is 9.57 Å². The van der Waals surface area contributed by atoms with Crippen molar-refractivity contribution in [2.45, 2.75) is 30.2 Å². The number of nitriles is 1. The quantitative estimate of drug-likeness (QED) is 0.899. The molecule has 1 aromatic rings. The SMILES string of the molecule is N#Cc1cccc(S(=O)(=O)N2CCCC2CC(=O)O)c1. The Morgan fingerprint density at radius 2 is 2.25 bits per heavy atom. The first-order valence-corrected chi connectivity index (χ1v) is 7.63. The predicted molar refractivity (Wildman–Crippen MR) is 70.3 cm³/mol. The van der Waals surface area contributed by atoms with Gasteiger partial charge < -0.3 is 5.11 Å². The number of hydrogen-bond acceptors (Lipinski definition) is 4. The van der Waals surface area contributed by atoms with Crippen molar-refractivity contribution in [2.75, 3.05) is 6.54 Å². The van der Waals surface area contributed by atoms with E-state index in [2.05, 4.69) is 0 Å². The molecule has 1 heterocycles. The highest BCUT2D eigenvalue weighted by atomic mass is 32.2. The highest BCUT2D eigenvalue weighted by molar-refractivity contribution is 7.89. The molecule has 7 heteroatoms. The van der Waals surface area contributed by atoms with E-state index in [9.17, 15) is 13.2 Å². The van der Waals surface area contributed by atoms with Crippen LogP contribution in [0, 0.1) is 11.3 Å². The summed E-state index contributed by atoms with van der Waals surface area (Å²) in [5.41, 5.74) is 0.264. The zero-order chi connectivity index (χ0) is 14.8.